The van der Waals surface area contributed by atoms with Gasteiger partial charge in [0.2, 0.25) is 5.43 Å². The third-order valence-corrected chi connectivity index (χ3v) is 4.11. The number of aliphatic hydroxyl groups is 1. The Kier molecular flexibility index (Phi) is 6.12. The monoisotopic (exact) mass is 396 g/mol. The zero-order chi connectivity index (χ0) is 17.9. The number of pyridine rings is 2. The lowest BCUT2D eigenvalue weighted by molar-refractivity contribution is 0.0523. The zero-order valence-electron chi connectivity index (χ0n) is 14.0. The first-order valence-corrected chi connectivity index (χ1v) is 8.66. The number of halogens is 1. The molecule has 2 rings (SSSR count). The minimum absolute atomic E-state index is 0.0496. The first-order valence-electron chi connectivity index (χ1n) is 7.87. The lowest BCUT2D eigenvalue weighted by Gasteiger charge is -2.22. The topological polar surface area (TPSA) is 81.4 Å². The molecule has 0 aromatic carbocycles. The summed E-state index contributed by atoms with van der Waals surface area (Å²) in [5.74, 6) is -0.336. The van der Waals surface area contributed by atoms with Gasteiger partial charge in [0.25, 0.3) is 0 Å². The number of fused-ring (bicyclic) bond motifs is 1. The van der Waals surface area contributed by atoms with Crippen molar-refractivity contribution in [3.8, 4) is 0 Å². The molecular formula is C17H21BrN2O4. The van der Waals surface area contributed by atoms with Crippen LogP contribution in [-0.2, 0) is 4.74 Å². The van der Waals surface area contributed by atoms with Crippen molar-refractivity contribution in [2.24, 2.45) is 5.92 Å². The molecule has 2 aromatic heterocycles. The summed E-state index contributed by atoms with van der Waals surface area (Å²) >= 11 is 3.30. The molecular weight excluding hydrogens is 376 g/mol. The fraction of sp³-hybridized carbons (Fsp3) is 0.471. The summed E-state index contributed by atoms with van der Waals surface area (Å²) in [7, 11) is 0. The summed E-state index contributed by atoms with van der Waals surface area (Å²) in [4.78, 5) is 29.1. The maximum atomic E-state index is 12.6. The van der Waals surface area contributed by atoms with Gasteiger partial charge in [0.1, 0.15) is 11.2 Å². The van der Waals surface area contributed by atoms with Crippen molar-refractivity contribution in [2.45, 2.75) is 33.2 Å². The van der Waals surface area contributed by atoms with Gasteiger partial charge in [-0.05, 0) is 41.3 Å². The Morgan fingerprint density at radius 3 is 2.75 bits per heavy atom. The van der Waals surface area contributed by atoms with E-state index in [1.807, 2.05) is 13.8 Å². The number of rotatable bonds is 6. The summed E-state index contributed by atoms with van der Waals surface area (Å²) < 4.78 is 7.34. The number of esters is 1. The molecule has 0 fully saturated rings. The molecule has 0 saturated heterocycles. The minimum atomic E-state index is -0.667. The predicted molar refractivity (Wildman–Crippen MR) is 95.2 cm³/mol. The average Bonchev–Trinajstić information content (AvgIpc) is 2.53. The summed E-state index contributed by atoms with van der Waals surface area (Å²) in [5, 5.41) is 10.1. The first-order chi connectivity index (χ1) is 11.4. The van der Waals surface area contributed by atoms with E-state index in [9.17, 15) is 14.7 Å². The molecule has 0 aliphatic carbocycles. The zero-order valence-corrected chi connectivity index (χ0v) is 15.5. The van der Waals surface area contributed by atoms with Gasteiger partial charge in [-0.25, -0.2) is 9.78 Å². The molecule has 7 heteroatoms. The van der Waals surface area contributed by atoms with Crippen LogP contribution >= 0.6 is 15.9 Å². The van der Waals surface area contributed by atoms with Gasteiger partial charge in [-0.1, -0.05) is 13.8 Å². The number of aromatic nitrogens is 2. The molecule has 0 radical (unpaired) electrons. The van der Waals surface area contributed by atoms with Gasteiger partial charge in [-0.3, -0.25) is 4.79 Å². The number of aliphatic hydroxyl groups excluding tert-OH is 1. The Morgan fingerprint density at radius 2 is 2.17 bits per heavy atom. The van der Waals surface area contributed by atoms with E-state index in [4.69, 9.17) is 4.74 Å². The van der Waals surface area contributed by atoms with Crippen LogP contribution in [0.5, 0.6) is 0 Å². The third-order valence-electron chi connectivity index (χ3n) is 3.68. The van der Waals surface area contributed by atoms with Crippen molar-refractivity contribution in [3.05, 3.63) is 38.7 Å². The highest BCUT2D eigenvalue weighted by Crippen LogP contribution is 2.23. The predicted octanol–water partition coefficient (Wildman–Crippen LogP) is 2.92. The van der Waals surface area contributed by atoms with Crippen LogP contribution in [-0.4, -0.2) is 33.8 Å². The summed E-state index contributed by atoms with van der Waals surface area (Å²) in [6.45, 7) is 5.84. The molecule has 0 spiro atoms. The highest BCUT2D eigenvalue weighted by atomic mass is 79.9. The summed E-state index contributed by atoms with van der Waals surface area (Å²) in [6, 6.07) is 1.35. The van der Waals surface area contributed by atoms with Crippen molar-refractivity contribution in [3.63, 3.8) is 0 Å². The van der Waals surface area contributed by atoms with Gasteiger partial charge in [0, 0.05) is 16.9 Å². The normalized spacial score (nSPS) is 12.6. The SMILES string of the molecule is CCOC(=O)c1cn(C(CO)CC(C)C)c2ncc(Br)cc2c1=O. The largest absolute Gasteiger partial charge is 0.462 e. The van der Waals surface area contributed by atoms with Crippen LogP contribution in [0.1, 0.15) is 43.6 Å². The van der Waals surface area contributed by atoms with Gasteiger partial charge in [0.05, 0.1) is 24.6 Å². The van der Waals surface area contributed by atoms with E-state index in [-0.39, 0.29) is 24.8 Å². The molecule has 1 unspecified atom stereocenters. The van der Waals surface area contributed by atoms with Crippen molar-refractivity contribution in [1.82, 2.24) is 9.55 Å². The number of ether oxygens (including phenoxy) is 1. The number of carbonyl (C=O) groups is 1. The number of carbonyl (C=O) groups excluding carboxylic acids is 1. The van der Waals surface area contributed by atoms with Crippen LogP contribution in [0, 0.1) is 5.92 Å². The van der Waals surface area contributed by atoms with Crippen LogP contribution in [0.3, 0.4) is 0 Å². The summed E-state index contributed by atoms with van der Waals surface area (Å²) in [6.07, 6.45) is 3.73. The molecule has 1 N–H and O–H groups in total. The second-order valence-corrected chi connectivity index (χ2v) is 6.91. The maximum absolute atomic E-state index is 12.6. The van der Waals surface area contributed by atoms with E-state index in [1.165, 1.54) is 6.20 Å². The summed E-state index contributed by atoms with van der Waals surface area (Å²) in [5.41, 5.74) is -0.0304. The van der Waals surface area contributed by atoms with Gasteiger partial charge in [0.15, 0.2) is 0 Å². The smallest absolute Gasteiger partial charge is 0.343 e. The fourth-order valence-electron chi connectivity index (χ4n) is 2.66. The molecule has 2 aromatic rings. The van der Waals surface area contributed by atoms with Crippen molar-refractivity contribution >= 4 is 32.9 Å². The molecule has 6 nitrogen and oxygen atoms in total. The molecule has 0 aliphatic rings. The van der Waals surface area contributed by atoms with E-state index in [1.54, 1.807) is 23.8 Å². The Labute approximate surface area is 148 Å². The van der Waals surface area contributed by atoms with Crippen LogP contribution in [0.2, 0.25) is 0 Å². The highest BCUT2D eigenvalue weighted by Gasteiger charge is 2.21. The second-order valence-electron chi connectivity index (χ2n) is 5.99. The molecule has 24 heavy (non-hydrogen) atoms. The molecule has 1 atom stereocenters. The standard InChI is InChI=1S/C17H21BrN2O4/c1-4-24-17(23)14-8-20(12(9-21)5-10(2)3)16-13(15(14)22)6-11(18)7-19-16/h6-8,10,12,21H,4-5,9H2,1-3H3. The number of hydrogen-bond acceptors (Lipinski definition) is 5. The lowest BCUT2D eigenvalue weighted by Crippen LogP contribution is -2.25. The Morgan fingerprint density at radius 1 is 1.46 bits per heavy atom. The van der Waals surface area contributed by atoms with Gasteiger partial charge < -0.3 is 14.4 Å². The van der Waals surface area contributed by atoms with E-state index in [2.05, 4.69) is 20.9 Å². The van der Waals surface area contributed by atoms with Gasteiger partial charge in [-0.15, -0.1) is 0 Å². The van der Waals surface area contributed by atoms with E-state index in [0.717, 1.165) is 0 Å². The highest BCUT2D eigenvalue weighted by molar-refractivity contribution is 9.10. The first kappa shape index (κ1) is 18.6. The Balaban J connectivity index is 2.74. The fourth-order valence-corrected chi connectivity index (χ4v) is 2.99. The number of nitrogens with zero attached hydrogens (tertiary/aromatic N) is 2. The van der Waals surface area contributed by atoms with Crippen LogP contribution in [0.25, 0.3) is 11.0 Å². The van der Waals surface area contributed by atoms with Crippen LogP contribution < -0.4 is 5.43 Å². The molecule has 0 amide bonds. The third kappa shape index (κ3) is 3.84. The van der Waals surface area contributed by atoms with E-state index in [0.29, 0.717) is 27.8 Å². The lowest BCUT2D eigenvalue weighted by atomic mass is 10.0. The average molecular weight is 397 g/mol. The van der Waals surface area contributed by atoms with Crippen molar-refractivity contribution in [2.75, 3.05) is 13.2 Å². The molecule has 0 aliphatic heterocycles. The second kappa shape index (κ2) is 7.90. The molecule has 130 valence electrons. The van der Waals surface area contributed by atoms with Gasteiger partial charge in [-0.2, -0.15) is 0 Å². The molecule has 0 bridgehead atoms. The van der Waals surface area contributed by atoms with Crippen LogP contribution in [0.15, 0.2) is 27.7 Å². The Hall–Kier alpha value is -1.73. The van der Waals surface area contributed by atoms with E-state index < -0.39 is 11.4 Å². The van der Waals surface area contributed by atoms with Gasteiger partial charge >= 0.3 is 5.97 Å². The molecule has 0 saturated carbocycles. The van der Waals surface area contributed by atoms with E-state index >= 15 is 0 Å². The maximum Gasteiger partial charge on any atom is 0.343 e. The van der Waals surface area contributed by atoms with Crippen LogP contribution in [0.4, 0.5) is 0 Å². The minimum Gasteiger partial charge on any atom is -0.462 e. The Bertz CT molecular complexity index is 801. The molecule has 2 heterocycles. The number of hydrogen-bond donors (Lipinski definition) is 1. The quantitative estimate of drug-likeness (QED) is 0.759. The van der Waals surface area contributed by atoms with Crippen molar-refractivity contribution in [1.29, 1.82) is 0 Å². The van der Waals surface area contributed by atoms with Crippen molar-refractivity contribution < 1.29 is 14.6 Å².